The lowest BCUT2D eigenvalue weighted by Gasteiger charge is -2.24. The summed E-state index contributed by atoms with van der Waals surface area (Å²) in [5, 5.41) is 0. The van der Waals surface area contributed by atoms with E-state index in [4.69, 9.17) is 10.5 Å². The van der Waals surface area contributed by atoms with Crippen molar-refractivity contribution in [3.63, 3.8) is 0 Å². The van der Waals surface area contributed by atoms with E-state index in [0.717, 1.165) is 17.5 Å². The summed E-state index contributed by atoms with van der Waals surface area (Å²) in [6.45, 7) is 8.69. The second-order valence-electron chi connectivity index (χ2n) is 6.19. The van der Waals surface area contributed by atoms with E-state index < -0.39 is 10.0 Å². The number of aryl methyl sites for hydroxylation is 1. The van der Waals surface area contributed by atoms with Crippen LogP contribution in [-0.2, 0) is 14.8 Å². The van der Waals surface area contributed by atoms with E-state index in [1.807, 2.05) is 27.7 Å². The molecule has 0 spiro atoms. The SMILES string of the molecule is COCCC(C)(C)CNS(=O)(=O)c1cc(C)c(C)c(N)c1. The highest BCUT2D eigenvalue weighted by molar-refractivity contribution is 7.89. The maximum atomic E-state index is 12.4. The summed E-state index contributed by atoms with van der Waals surface area (Å²) < 4.78 is 32.4. The Bertz CT molecular complexity index is 572. The minimum absolute atomic E-state index is 0.172. The van der Waals surface area contributed by atoms with Gasteiger partial charge in [-0.3, -0.25) is 0 Å². The molecule has 120 valence electrons. The summed E-state index contributed by atoms with van der Waals surface area (Å²) in [6.07, 6.45) is 0.779. The lowest BCUT2D eigenvalue weighted by Crippen LogP contribution is -2.34. The third kappa shape index (κ3) is 4.98. The first-order valence-electron chi connectivity index (χ1n) is 6.94. The van der Waals surface area contributed by atoms with Crippen LogP contribution in [0.5, 0.6) is 0 Å². The molecular formula is C15H26N2O3S. The largest absolute Gasteiger partial charge is 0.398 e. The van der Waals surface area contributed by atoms with Gasteiger partial charge in [0.05, 0.1) is 4.90 Å². The van der Waals surface area contributed by atoms with E-state index in [2.05, 4.69) is 4.72 Å². The molecule has 0 aromatic heterocycles. The number of anilines is 1. The number of hydrogen-bond donors (Lipinski definition) is 2. The summed E-state index contributed by atoms with van der Waals surface area (Å²) in [4.78, 5) is 0.214. The van der Waals surface area contributed by atoms with Crippen LogP contribution in [0.1, 0.15) is 31.4 Å². The summed E-state index contributed by atoms with van der Waals surface area (Å²) in [7, 11) is -1.91. The molecule has 3 N–H and O–H groups in total. The standard InChI is InChI=1S/C15H26N2O3S/c1-11-8-13(9-14(16)12(11)2)21(18,19)17-10-15(3,4)6-7-20-5/h8-9,17H,6-7,10,16H2,1-5H3. The molecule has 1 rings (SSSR count). The second-order valence-corrected chi connectivity index (χ2v) is 7.95. The number of methoxy groups -OCH3 is 1. The molecule has 21 heavy (non-hydrogen) atoms. The molecule has 0 aliphatic rings. The zero-order valence-corrected chi connectivity index (χ0v) is 14.3. The zero-order chi connectivity index (χ0) is 16.3. The molecule has 0 bridgehead atoms. The Labute approximate surface area is 127 Å². The molecule has 1 aromatic rings. The van der Waals surface area contributed by atoms with Gasteiger partial charge in [-0.15, -0.1) is 0 Å². The van der Waals surface area contributed by atoms with E-state index in [0.29, 0.717) is 18.8 Å². The van der Waals surface area contributed by atoms with Crippen LogP contribution in [0.2, 0.25) is 0 Å². The molecule has 5 nitrogen and oxygen atoms in total. The minimum Gasteiger partial charge on any atom is -0.398 e. The van der Waals surface area contributed by atoms with Crippen molar-refractivity contribution < 1.29 is 13.2 Å². The van der Waals surface area contributed by atoms with Gasteiger partial charge in [0.2, 0.25) is 10.0 Å². The first kappa shape index (κ1) is 17.9. The predicted octanol–water partition coefficient (Wildman–Crippen LogP) is 2.23. The number of nitrogens with one attached hydrogen (secondary N) is 1. The van der Waals surface area contributed by atoms with Gasteiger partial charge in [0.1, 0.15) is 0 Å². The number of sulfonamides is 1. The third-order valence-electron chi connectivity index (χ3n) is 3.72. The van der Waals surface area contributed by atoms with Crippen LogP contribution >= 0.6 is 0 Å². The average Bonchev–Trinajstić information content (AvgIpc) is 2.40. The molecule has 0 aliphatic heterocycles. The van der Waals surface area contributed by atoms with E-state index in [-0.39, 0.29) is 10.3 Å². The topological polar surface area (TPSA) is 81.4 Å². The maximum Gasteiger partial charge on any atom is 0.240 e. The molecule has 0 radical (unpaired) electrons. The van der Waals surface area contributed by atoms with Crippen LogP contribution in [0.4, 0.5) is 5.69 Å². The van der Waals surface area contributed by atoms with Gasteiger partial charge in [0.15, 0.2) is 0 Å². The number of hydrogen-bond acceptors (Lipinski definition) is 4. The monoisotopic (exact) mass is 314 g/mol. The summed E-state index contributed by atoms with van der Waals surface area (Å²) in [6, 6.07) is 3.16. The van der Waals surface area contributed by atoms with Crippen molar-refractivity contribution in [3.05, 3.63) is 23.3 Å². The van der Waals surface area contributed by atoms with Crippen molar-refractivity contribution in [2.75, 3.05) is 26.0 Å². The molecule has 0 aliphatic carbocycles. The van der Waals surface area contributed by atoms with Gasteiger partial charge in [-0.1, -0.05) is 13.8 Å². The van der Waals surface area contributed by atoms with Gasteiger partial charge in [-0.2, -0.15) is 0 Å². The van der Waals surface area contributed by atoms with Crippen LogP contribution in [0.15, 0.2) is 17.0 Å². The molecule has 6 heteroatoms. The fraction of sp³-hybridized carbons (Fsp3) is 0.600. The number of rotatable bonds is 7. The summed E-state index contributed by atoms with van der Waals surface area (Å²) in [5.74, 6) is 0. The van der Waals surface area contributed by atoms with Crippen LogP contribution in [-0.4, -0.2) is 28.7 Å². The minimum atomic E-state index is -3.55. The predicted molar refractivity (Wildman–Crippen MR) is 85.8 cm³/mol. The van der Waals surface area contributed by atoms with Gasteiger partial charge in [0, 0.05) is 25.9 Å². The molecule has 0 amide bonds. The van der Waals surface area contributed by atoms with Crippen LogP contribution in [0.25, 0.3) is 0 Å². The first-order valence-corrected chi connectivity index (χ1v) is 8.43. The number of nitrogen functional groups attached to an aromatic ring is 1. The first-order chi connectivity index (χ1) is 9.59. The Balaban J connectivity index is 2.88. The summed E-state index contributed by atoms with van der Waals surface area (Å²) in [5.41, 5.74) is 7.96. The van der Waals surface area contributed by atoms with Gasteiger partial charge >= 0.3 is 0 Å². The molecule has 0 atom stereocenters. The van der Waals surface area contributed by atoms with Crippen LogP contribution < -0.4 is 10.5 Å². The van der Waals surface area contributed by atoms with E-state index in [9.17, 15) is 8.42 Å². The Kier molecular flexibility index (Phi) is 5.78. The normalized spacial score (nSPS) is 12.6. The van der Waals surface area contributed by atoms with E-state index in [1.165, 1.54) is 6.07 Å². The van der Waals surface area contributed by atoms with Gasteiger partial charge in [-0.05, 0) is 48.9 Å². The van der Waals surface area contributed by atoms with Crippen molar-refractivity contribution in [2.45, 2.75) is 39.0 Å². The average molecular weight is 314 g/mol. The van der Waals surface area contributed by atoms with Crippen molar-refractivity contribution in [1.82, 2.24) is 4.72 Å². The maximum absolute atomic E-state index is 12.4. The smallest absolute Gasteiger partial charge is 0.240 e. The number of ether oxygens (including phenoxy) is 1. The Morgan fingerprint density at radius 1 is 1.29 bits per heavy atom. The summed E-state index contributed by atoms with van der Waals surface area (Å²) >= 11 is 0. The molecular weight excluding hydrogens is 288 g/mol. The van der Waals surface area contributed by atoms with Gasteiger partial charge in [0.25, 0.3) is 0 Å². The highest BCUT2D eigenvalue weighted by Crippen LogP contribution is 2.23. The molecule has 0 unspecified atom stereocenters. The quantitative estimate of drug-likeness (QED) is 0.756. The third-order valence-corrected chi connectivity index (χ3v) is 5.10. The highest BCUT2D eigenvalue weighted by atomic mass is 32.2. The molecule has 0 fully saturated rings. The van der Waals surface area contributed by atoms with Crippen molar-refractivity contribution in [1.29, 1.82) is 0 Å². The second kappa shape index (κ2) is 6.77. The highest BCUT2D eigenvalue weighted by Gasteiger charge is 2.23. The molecule has 0 saturated heterocycles. The Morgan fingerprint density at radius 2 is 1.90 bits per heavy atom. The Hall–Kier alpha value is -1.11. The van der Waals surface area contributed by atoms with E-state index >= 15 is 0 Å². The number of benzene rings is 1. The van der Waals surface area contributed by atoms with Crippen molar-refractivity contribution in [2.24, 2.45) is 5.41 Å². The van der Waals surface area contributed by atoms with Crippen molar-refractivity contribution in [3.8, 4) is 0 Å². The number of nitrogens with two attached hydrogens (primary N) is 1. The Morgan fingerprint density at radius 3 is 2.43 bits per heavy atom. The van der Waals surface area contributed by atoms with Gasteiger partial charge < -0.3 is 10.5 Å². The molecule has 0 saturated carbocycles. The van der Waals surface area contributed by atoms with Crippen molar-refractivity contribution >= 4 is 15.7 Å². The van der Waals surface area contributed by atoms with E-state index in [1.54, 1.807) is 13.2 Å². The van der Waals surface area contributed by atoms with Crippen LogP contribution in [0, 0.1) is 19.3 Å². The fourth-order valence-electron chi connectivity index (χ4n) is 1.85. The lowest BCUT2D eigenvalue weighted by atomic mass is 9.90. The van der Waals surface area contributed by atoms with Gasteiger partial charge in [-0.25, -0.2) is 13.1 Å². The fourth-order valence-corrected chi connectivity index (χ4v) is 3.21. The molecule has 0 heterocycles. The van der Waals surface area contributed by atoms with Crippen LogP contribution in [0.3, 0.4) is 0 Å². The molecule has 1 aromatic carbocycles. The zero-order valence-electron chi connectivity index (χ0n) is 13.5. The lowest BCUT2D eigenvalue weighted by molar-refractivity contribution is 0.153.